The van der Waals surface area contributed by atoms with Gasteiger partial charge in [-0.2, -0.15) is 0 Å². The summed E-state index contributed by atoms with van der Waals surface area (Å²) in [5.41, 5.74) is 0. The van der Waals surface area contributed by atoms with Crippen molar-refractivity contribution in [3.8, 4) is 5.75 Å². The Hall–Kier alpha value is -2.06. The predicted octanol–water partition coefficient (Wildman–Crippen LogP) is 1.34. The largest absolute Gasteiger partial charge is 0.479 e. The molecule has 1 amide bonds. The van der Waals surface area contributed by atoms with Crippen molar-refractivity contribution in [1.29, 1.82) is 0 Å². The molecule has 122 valence electrons. The molecule has 0 radical (unpaired) electrons. The Morgan fingerprint density at radius 1 is 1.52 bits per heavy atom. The molecule has 1 aliphatic heterocycles. The normalized spacial score (nSPS) is 19.4. The van der Waals surface area contributed by atoms with Crippen molar-refractivity contribution in [2.24, 2.45) is 0 Å². The second-order valence-corrected chi connectivity index (χ2v) is 6.81. The third-order valence-corrected chi connectivity index (χ3v) is 5.10. The van der Waals surface area contributed by atoms with Crippen LogP contribution in [0.4, 0.5) is 0 Å². The molecular formula is C15H15NO5S2. The number of carbonyl (C=O) groups excluding carboxylic acids is 1. The fourth-order valence-corrected chi connectivity index (χ4v) is 3.74. The fourth-order valence-electron chi connectivity index (χ4n) is 2.15. The summed E-state index contributed by atoms with van der Waals surface area (Å²) in [5, 5.41) is 8.46. The number of nitrogens with zero attached hydrogens (tertiary/aromatic N) is 1. The fraction of sp³-hybridized carbons (Fsp3) is 0.267. The van der Waals surface area contributed by atoms with E-state index >= 15 is 0 Å². The van der Waals surface area contributed by atoms with Crippen molar-refractivity contribution >= 4 is 39.9 Å². The van der Waals surface area contributed by atoms with E-state index in [9.17, 15) is 18.9 Å². The molecule has 0 spiro atoms. The van der Waals surface area contributed by atoms with Crippen molar-refractivity contribution in [3.63, 3.8) is 0 Å². The van der Waals surface area contributed by atoms with E-state index in [1.54, 1.807) is 30.3 Å². The molecule has 1 aliphatic rings. The molecule has 8 heteroatoms. The number of thiocarbonyl (C=S) groups is 1. The molecule has 1 aromatic rings. The topological polar surface area (TPSA) is 83.9 Å². The van der Waals surface area contributed by atoms with Crippen LogP contribution < -0.4 is 4.74 Å². The highest BCUT2D eigenvalue weighted by atomic mass is 32.2. The van der Waals surface area contributed by atoms with Gasteiger partial charge in [-0.1, -0.05) is 24.3 Å². The molecule has 6 nitrogen and oxygen atoms in total. The smallest absolute Gasteiger partial charge is 0.335 e. The first-order chi connectivity index (χ1) is 11.0. The van der Waals surface area contributed by atoms with Crippen molar-refractivity contribution in [1.82, 2.24) is 4.90 Å². The number of amides is 1. The summed E-state index contributed by atoms with van der Waals surface area (Å²) in [5.74, 6) is -1.19. The first-order valence-corrected chi connectivity index (χ1v) is 8.53. The van der Waals surface area contributed by atoms with Crippen LogP contribution in [-0.4, -0.2) is 48.3 Å². The number of rotatable bonds is 7. The lowest BCUT2D eigenvalue weighted by Gasteiger charge is -2.42. The Kier molecular flexibility index (Phi) is 5.62. The molecule has 0 saturated carbocycles. The lowest BCUT2D eigenvalue weighted by Crippen LogP contribution is -2.64. The average molecular weight is 353 g/mol. The van der Waals surface area contributed by atoms with E-state index in [4.69, 9.17) is 17.0 Å². The van der Waals surface area contributed by atoms with E-state index in [0.717, 1.165) is 4.90 Å². The lowest BCUT2D eigenvalue weighted by molar-refractivity contribution is -0.154. The minimum atomic E-state index is -1.45. The van der Waals surface area contributed by atoms with Gasteiger partial charge in [0.25, 0.3) is 0 Å². The minimum absolute atomic E-state index is 0.0260. The Balaban J connectivity index is 2.18. The summed E-state index contributed by atoms with van der Waals surface area (Å²) >= 11 is 5.05. The van der Waals surface area contributed by atoms with Crippen molar-refractivity contribution in [2.75, 3.05) is 5.75 Å². The molecule has 1 aromatic carbocycles. The van der Waals surface area contributed by atoms with Crippen LogP contribution in [0.1, 0.15) is 6.42 Å². The number of hydrogen-bond donors (Lipinski definition) is 1. The number of likely N-dealkylation sites (tertiary alicyclic amines) is 1. The van der Waals surface area contributed by atoms with Crippen molar-refractivity contribution < 1.29 is 23.6 Å². The minimum Gasteiger partial charge on any atom is -0.479 e. The third kappa shape index (κ3) is 3.83. The van der Waals surface area contributed by atoms with Gasteiger partial charge in [0.15, 0.2) is 6.04 Å². The van der Waals surface area contributed by atoms with Crippen molar-refractivity contribution in [3.05, 3.63) is 43.0 Å². The van der Waals surface area contributed by atoms with E-state index in [2.05, 4.69) is 6.58 Å². The molecule has 3 unspecified atom stereocenters. The van der Waals surface area contributed by atoms with E-state index in [-0.39, 0.29) is 17.2 Å². The Morgan fingerprint density at radius 3 is 2.70 bits per heavy atom. The number of ether oxygens (including phenoxy) is 1. The quantitative estimate of drug-likeness (QED) is 0.452. The summed E-state index contributed by atoms with van der Waals surface area (Å²) in [6, 6.07) is 6.99. The molecule has 3 atom stereocenters. The van der Waals surface area contributed by atoms with Gasteiger partial charge in [0, 0.05) is 16.6 Å². The molecule has 0 aromatic heterocycles. The SMILES string of the molecule is C=CCS(=O)C1CC(=O)N1C(C(=O)O)C(=S)Oc1ccccc1. The van der Waals surface area contributed by atoms with Gasteiger partial charge in [0.05, 0.1) is 6.42 Å². The first kappa shape index (κ1) is 17.3. The summed E-state index contributed by atoms with van der Waals surface area (Å²) in [6.45, 7) is 3.49. The van der Waals surface area contributed by atoms with E-state index in [1.807, 2.05) is 0 Å². The van der Waals surface area contributed by atoms with Crippen molar-refractivity contribution in [2.45, 2.75) is 17.8 Å². The number of hydrogen-bond acceptors (Lipinski definition) is 5. The molecule has 0 bridgehead atoms. The number of carbonyl (C=O) groups is 2. The molecule has 1 N–H and O–H groups in total. The van der Waals surface area contributed by atoms with E-state index < -0.39 is 34.1 Å². The molecule has 0 aliphatic carbocycles. The lowest BCUT2D eigenvalue weighted by atomic mass is 10.1. The predicted molar refractivity (Wildman–Crippen MR) is 89.5 cm³/mol. The highest BCUT2D eigenvalue weighted by Crippen LogP contribution is 2.27. The van der Waals surface area contributed by atoms with E-state index in [0.29, 0.717) is 5.75 Å². The second kappa shape index (κ2) is 7.47. The van der Waals surface area contributed by atoms with E-state index in [1.165, 1.54) is 6.08 Å². The molecule has 1 saturated heterocycles. The Morgan fingerprint density at radius 2 is 2.17 bits per heavy atom. The van der Waals surface area contributed by atoms with Crippen LogP contribution in [-0.2, 0) is 20.4 Å². The first-order valence-electron chi connectivity index (χ1n) is 6.74. The van der Waals surface area contributed by atoms with Crippen LogP contribution in [0.3, 0.4) is 0 Å². The summed E-state index contributed by atoms with van der Waals surface area (Å²) < 4.78 is 17.4. The summed E-state index contributed by atoms with van der Waals surface area (Å²) in [6.07, 6.45) is 1.49. The summed E-state index contributed by atoms with van der Waals surface area (Å²) in [7, 11) is -1.42. The van der Waals surface area contributed by atoms with Crippen LogP contribution in [0.15, 0.2) is 43.0 Å². The van der Waals surface area contributed by atoms with Gasteiger partial charge < -0.3 is 14.7 Å². The standard InChI is InChI=1S/C15H15NO5S2/c1-2-8-23(20)12-9-11(17)16(12)13(14(18)19)15(22)21-10-6-4-3-5-7-10/h2-7,12-13H,1,8-9H2,(H,18,19). The molecule has 1 heterocycles. The number of para-hydroxylation sites is 1. The Labute approximate surface area is 141 Å². The monoisotopic (exact) mass is 353 g/mol. The molecule has 1 fully saturated rings. The van der Waals surface area contributed by atoms with Gasteiger partial charge in [-0.15, -0.1) is 6.58 Å². The van der Waals surface area contributed by atoms with Gasteiger partial charge >= 0.3 is 5.97 Å². The Bertz CT molecular complexity index is 661. The second-order valence-electron chi connectivity index (χ2n) is 4.77. The van der Waals surface area contributed by atoms with Gasteiger partial charge in [-0.05, 0) is 24.4 Å². The van der Waals surface area contributed by atoms with Gasteiger partial charge in [-0.3, -0.25) is 9.00 Å². The third-order valence-electron chi connectivity index (χ3n) is 3.23. The van der Waals surface area contributed by atoms with Crippen LogP contribution in [0.2, 0.25) is 0 Å². The average Bonchev–Trinajstić information content (AvgIpc) is 2.50. The van der Waals surface area contributed by atoms with Crippen LogP contribution in [0.5, 0.6) is 5.75 Å². The molecule has 23 heavy (non-hydrogen) atoms. The van der Waals surface area contributed by atoms with Gasteiger partial charge in [-0.25, -0.2) is 4.79 Å². The molecular weight excluding hydrogens is 338 g/mol. The van der Waals surface area contributed by atoms with Gasteiger partial charge in [0.1, 0.15) is 11.1 Å². The zero-order valence-electron chi connectivity index (χ0n) is 12.1. The maximum atomic E-state index is 12.1. The zero-order valence-corrected chi connectivity index (χ0v) is 13.7. The maximum Gasteiger partial charge on any atom is 0.335 e. The molecule has 2 rings (SSSR count). The highest BCUT2D eigenvalue weighted by Gasteiger charge is 2.49. The number of carboxylic acids is 1. The number of aliphatic carboxylic acids is 1. The maximum absolute atomic E-state index is 12.1. The van der Waals surface area contributed by atoms with Crippen LogP contribution in [0, 0.1) is 0 Å². The van der Waals surface area contributed by atoms with Gasteiger partial charge in [0.2, 0.25) is 11.0 Å². The zero-order chi connectivity index (χ0) is 17.0. The van der Waals surface area contributed by atoms with Crippen LogP contribution in [0.25, 0.3) is 0 Å². The summed E-state index contributed by atoms with van der Waals surface area (Å²) in [4.78, 5) is 24.4. The number of carboxylic acid groups (broad SMARTS) is 1. The number of benzene rings is 1. The van der Waals surface area contributed by atoms with Crippen LogP contribution >= 0.6 is 12.2 Å². The highest BCUT2D eigenvalue weighted by molar-refractivity contribution is 7.85. The number of β-lactam (4-membered cyclic amide) rings is 1.